The van der Waals surface area contributed by atoms with Crippen molar-refractivity contribution < 1.29 is 22.4 Å². The Bertz CT molecular complexity index is 1740. The molecule has 0 fully saturated rings. The van der Waals surface area contributed by atoms with E-state index in [1.165, 1.54) is 54.6 Å². The smallest absolute Gasteiger partial charge is 0.228 e. The van der Waals surface area contributed by atoms with Gasteiger partial charge < -0.3 is 4.42 Å². The van der Waals surface area contributed by atoms with Crippen molar-refractivity contribution in [2.75, 3.05) is 0 Å². The monoisotopic (exact) mass is 469 g/mol. The maximum Gasteiger partial charge on any atom is 0.228 e. The second-order valence-corrected chi connectivity index (χ2v) is 7.93. The van der Waals surface area contributed by atoms with E-state index in [0.717, 1.165) is 0 Å². The van der Waals surface area contributed by atoms with Gasteiger partial charge in [-0.2, -0.15) is 5.10 Å². The van der Waals surface area contributed by atoms with Crippen molar-refractivity contribution in [1.82, 2.24) is 14.6 Å². The van der Waals surface area contributed by atoms with Gasteiger partial charge in [0.2, 0.25) is 5.78 Å². The van der Waals surface area contributed by atoms with Gasteiger partial charge in [-0.15, -0.1) is 0 Å². The van der Waals surface area contributed by atoms with Gasteiger partial charge in [-0.05, 0) is 72.8 Å². The number of carbonyl (C=O) groups excluding carboxylic acids is 1. The Morgan fingerprint density at radius 3 is 2.20 bits per heavy atom. The van der Waals surface area contributed by atoms with E-state index in [9.17, 15) is 18.0 Å². The number of furan rings is 1. The maximum atomic E-state index is 14.2. The van der Waals surface area contributed by atoms with E-state index >= 15 is 0 Å². The second-order valence-electron chi connectivity index (χ2n) is 7.93. The first kappa shape index (κ1) is 20.9. The van der Waals surface area contributed by atoms with Crippen molar-refractivity contribution in [3.8, 4) is 22.5 Å². The minimum Gasteiger partial charge on any atom is -0.452 e. The molecule has 5 nitrogen and oxygen atoms in total. The summed E-state index contributed by atoms with van der Waals surface area (Å²) in [5.41, 5.74) is 2.98. The molecule has 0 spiro atoms. The second kappa shape index (κ2) is 7.95. The number of benzene rings is 3. The molecule has 170 valence electrons. The van der Waals surface area contributed by atoms with Crippen molar-refractivity contribution >= 4 is 22.4 Å². The minimum atomic E-state index is -0.496. The van der Waals surface area contributed by atoms with Gasteiger partial charge in [0.25, 0.3) is 0 Å². The standard InChI is InChI=1S/C27H14F3N3O2/c28-17-5-1-15(2-6-17)22-14-24-31-21(11-12-33(24)32-22)25-20-13-19(30)9-10-23(20)35-27(25)26(34)16-3-7-18(29)8-4-16/h1-14H. The zero-order chi connectivity index (χ0) is 24.1. The van der Waals surface area contributed by atoms with Gasteiger partial charge in [-0.25, -0.2) is 22.7 Å². The number of nitrogens with zero attached hydrogens (tertiary/aromatic N) is 3. The van der Waals surface area contributed by atoms with Crippen molar-refractivity contribution in [3.05, 3.63) is 114 Å². The van der Waals surface area contributed by atoms with E-state index in [2.05, 4.69) is 10.1 Å². The van der Waals surface area contributed by atoms with Crippen LogP contribution in [0.15, 0.2) is 89.5 Å². The molecular formula is C27H14F3N3O2. The molecule has 3 aromatic carbocycles. The van der Waals surface area contributed by atoms with Crippen molar-refractivity contribution in [3.63, 3.8) is 0 Å². The van der Waals surface area contributed by atoms with E-state index in [4.69, 9.17) is 4.42 Å². The zero-order valence-corrected chi connectivity index (χ0v) is 17.9. The van der Waals surface area contributed by atoms with Crippen LogP contribution in [-0.2, 0) is 0 Å². The number of halogens is 3. The Balaban J connectivity index is 1.52. The fourth-order valence-corrected chi connectivity index (χ4v) is 4.00. The molecule has 0 amide bonds. The Morgan fingerprint density at radius 2 is 1.46 bits per heavy atom. The number of rotatable bonds is 4. The molecule has 0 N–H and O–H groups in total. The fourth-order valence-electron chi connectivity index (χ4n) is 4.00. The molecule has 0 aliphatic carbocycles. The van der Waals surface area contributed by atoms with Gasteiger partial charge in [0.1, 0.15) is 23.0 Å². The molecule has 0 saturated carbocycles. The number of hydrogen-bond donors (Lipinski definition) is 0. The fraction of sp³-hybridized carbons (Fsp3) is 0. The summed E-state index contributed by atoms with van der Waals surface area (Å²) < 4.78 is 48.2. The Hall–Kier alpha value is -4.72. The highest BCUT2D eigenvalue weighted by molar-refractivity contribution is 6.15. The number of carbonyl (C=O) groups is 1. The van der Waals surface area contributed by atoms with Gasteiger partial charge >= 0.3 is 0 Å². The molecule has 0 bridgehead atoms. The van der Waals surface area contributed by atoms with Crippen LogP contribution in [0.3, 0.4) is 0 Å². The third-order valence-electron chi connectivity index (χ3n) is 5.68. The number of ketones is 1. The molecule has 0 aliphatic rings. The third kappa shape index (κ3) is 3.65. The van der Waals surface area contributed by atoms with Gasteiger partial charge in [-0.1, -0.05) is 0 Å². The van der Waals surface area contributed by atoms with Crippen molar-refractivity contribution in [2.24, 2.45) is 0 Å². The van der Waals surface area contributed by atoms with Crippen molar-refractivity contribution in [2.45, 2.75) is 0 Å². The van der Waals surface area contributed by atoms with Crippen LogP contribution in [0, 0.1) is 17.5 Å². The summed E-state index contributed by atoms with van der Waals surface area (Å²) in [5, 5.41) is 4.85. The van der Waals surface area contributed by atoms with Gasteiger partial charge in [0.05, 0.1) is 17.0 Å². The zero-order valence-electron chi connectivity index (χ0n) is 17.9. The molecule has 0 saturated heterocycles. The highest BCUT2D eigenvalue weighted by Gasteiger charge is 2.25. The number of aromatic nitrogens is 3. The lowest BCUT2D eigenvalue weighted by Crippen LogP contribution is -2.02. The molecule has 6 aromatic rings. The molecule has 35 heavy (non-hydrogen) atoms. The molecule has 3 aromatic heterocycles. The first-order valence-corrected chi connectivity index (χ1v) is 10.6. The van der Waals surface area contributed by atoms with Gasteiger partial charge in [0.15, 0.2) is 11.4 Å². The predicted octanol–water partition coefficient (Wildman–Crippen LogP) is 6.46. The van der Waals surface area contributed by atoms with Crippen LogP contribution in [0.25, 0.3) is 39.1 Å². The maximum absolute atomic E-state index is 14.2. The van der Waals surface area contributed by atoms with E-state index in [0.29, 0.717) is 39.1 Å². The minimum absolute atomic E-state index is 0.0349. The highest BCUT2D eigenvalue weighted by atomic mass is 19.1. The average molecular weight is 469 g/mol. The number of fused-ring (bicyclic) bond motifs is 2. The van der Waals surface area contributed by atoms with Crippen LogP contribution in [-0.4, -0.2) is 20.4 Å². The molecule has 0 aliphatic heterocycles. The molecule has 0 unspecified atom stereocenters. The molecule has 0 atom stereocenters. The van der Waals surface area contributed by atoms with Crippen LogP contribution in [0.1, 0.15) is 16.1 Å². The topological polar surface area (TPSA) is 60.4 Å². The summed E-state index contributed by atoms with van der Waals surface area (Å²) in [7, 11) is 0. The summed E-state index contributed by atoms with van der Waals surface area (Å²) in [6.07, 6.45) is 1.66. The summed E-state index contributed by atoms with van der Waals surface area (Å²) in [4.78, 5) is 17.9. The van der Waals surface area contributed by atoms with Gasteiger partial charge in [-0.3, -0.25) is 4.79 Å². The quantitative estimate of drug-likeness (QED) is 0.278. The summed E-state index contributed by atoms with van der Waals surface area (Å²) in [5.74, 6) is -1.84. The van der Waals surface area contributed by atoms with E-state index in [-0.39, 0.29) is 17.1 Å². The SMILES string of the molecule is O=C(c1ccc(F)cc1)c1oc2ccc(F)cc2c1-c1ccn2nc(-c3ccc(F)cc3)cc2n1. The van der Waals surface area contributed by atoms with E-state index in [1.54, 1.807) is 35.0 Å². The lowest BCUT2D eigenvalue weighted by molar-refractivity contribution is 0.101. The largest absolute Gasteiger partial charge is 0.452 e. The van der Waals surface area contributed by atoms with E-state index < -0.39 is 17.4 Å². The Labute approximate surface area is 196 Å². The molecule has 6 rings (SSSR count). The van der Waals surface area contributed by atoms with Gasteiger partial charge in [0, 0.05) is 28.8 Å². The first-order chi connectivity index (χ1) is 17.0. The van der Waals surface area contributed by atoms with Crippen LogP contribution in [0.2, 0.25) is 0 Å². The predicted molar refractivity (Wildman–Crippen MR) is 123 cm³/mol. The van der Waals surface area contributed by atoms with E-state index in [1.807, 2.05) is 0 Å². The summed E-state index contributed by atoms with van der Waals surface area (Å²) in [6, 6.07) is 18.3. The van der Waals surface area contributed by atoms with Crippen LogP contribution in [0.5, 0.6) is 0 Å². The van der Waals surface area contributed by atoms with Crippen LogP contribution < -0.4 is 0 Å². The normalized spacial score (nSPS) is 11.4. The third-order valence-corrected chi connectivity index (χ3v) is 5.68. The Kier molecular flexibility index (Phi) is 4.74. The van der Waals surface area contributed by atoms with Crippen LogP contribution >= 0.6 is 0 Å². The number of hydrogen-bond acceptors (Lipinski definition) is 4. The average Bonchev–Trinajstić information content (AvgIpc) is 3.45. The first-order valence-electron chi connectivity index (χ1n) is 10.6. The van der Waals surface area contributed by atoms with Crippen LogP contribution in [0.4, 0.5) is 13.2 Å². The lowest BCUT2D eigenvalue weighted by Gasteiger charge is -2.04. The summed E-state index contributed by atoms with van der Waals surface area (Å²) >= 11 is 0. The molecular weight excluding hydrogens is 455 g/mol. The Morgan fingerprint density at radius 1 is 0.771 bits per heavy atom. The molecule has 0 radical (unpaired) electrons. The highest BCUT2D eigenvalue weighted by Crippen LogP contribution is 2.36. The van der Waals surface area contributed by atoms with Crippen molar-refractivity contribution in [1.29, 1.82) is 0 Å². The molecule has 8 heteroatoms. The lowest BCUT2D eigenvalue weighted by atomic mass is 10.0. The summed E-state index contributed by atoms with van der Waals surface area (Å²) in [6.45, 7) is 0. The molecule has 3 heterocycles.